The van der Waals surface area contributed by atoms with Crippen molar-refractivity contribution in [2.24, 2.45) is 0 Å². The lowest BCUT2D eigenvalue weighted by molar-refractivity contribution is -0.120. The van der Waals surface area contributed by atoms with Crippen molar-refractivity contribution in [2.75, 3.05) is 5.32 Å². The molecule has 7 heteroatoms. The summed E-state index contributed by atoms with van der Waals surface area (Å²) < 4.78 is 0. The molecular weight excluding hydrogens is 312 g/mol. The van der Waals surface area contributed by atoms with Crippen LogP contribution in [0.4, 0.5) is 5.13 Å². The van der Waals surface area contributed by atoms with Gasteiger partial charge in [-0.1, -0.05) is 55.5 Å². The van der Waals surface area contributed by atoms with E-state index in [2.05, 4.69) is 20.8 Å². The molecular formula is C16H20N4O2S. The molecule has 0 spiro atoms. The number of amides is 2. The number of nitrogens with zero attached hydrogens (tertiary/aromatic N) is 2. The van der Waals surface area contributed by atoms with E-state index in [1.807, 2.05) is 44.2 Å². The first kappa shape index (κ1) is 17.1. The molecule has 1 atom stereocenters. The Morgan fingerprint density at radius 2 is 1.87 bits per heavy atom. The van der Waals surface area contributed by atoms with Gasteiger partial charge in [-0.05, 0) is 5.56 Å². The fraction of sp³-hybridized carbons (Fsp3) is 0.375. The van der Waals surface area contributed by atoms with Gasteiger partial charge in [0.15, 0.2) is 0 Å². The average molecular weight is 332 g/mol. The third-order valence-corrected chi connectivity index (χ3v) is 4.29. The highest BCUT2D eigenvalue weighted by Crippen LogP contribution is 2.23. The zero-order chi connectivity index (χ0) is 16.8. The highest BCUT2D eigenvalue weighted by Gasteiger charge is 2.18. The van der Waals surface area contributed by atoms with Crippen LogP contribution in [-0.2, 0) is 9.59 Å². The number of benzene rings is 1. The first-order valence-corrected chi connectivity index (χ1v) is 8.22. The zero-order valence-corrected chi connectivity index (χ0v) is 14.2. The molecule has 0 aliphatic rings. The average Bonchev–Trinajstić information content (AvgIpc) is 2.95. The summed E-state index contributed by atoms with van der Waals surface area (Å²) in [5.41, 5.74) is 0.887. The van der Waals surface area contributed by atoms with Gasteiger partial charge in [0, 0.05) is 12.8 Å². The Hall–Kier alpha value is -2.28. The summed E-state index contributed by atoms with van der Waals surface area (Å²) in [5.74, 6) is -0.113. The Kier molecular flexibility index (Phi) is 5.81. The minimum absolute atomic E-state index is 0.139. The van der Waals surface area contributed by atoms with Gasteiger partial charge in [0.05, 0.1) is 12.5 Å². The lowest BCUT2D eigenvalue weighted by Gasteiger charge is -2.17. The molecule has 0 saturated carbocycles. The van der Waals surface area contributed by atoms with E-state index in [1.165, 1.54) is 18.3 Å². The summed E-state index contributed by atoms with van der Waals surface area (Å²) in [4.78, 5) is 23.6. The van der Waals surface area contributed by atoms with Crippen molar-refractivity contribution in [2.45, 2.75) is 39.2 Å². The molecule has 0 fully saturated rings. The van der Waals surface area contributed by atoms with E-state index in [4.69, 9.17) is 0 Å². The molecule has 0 unspecified atom stereocenters. The van der Waals surface area contributed by atoms with E-state index < -0.39 is 0 Å². The van der Waals surface area contributed by atoms with Crippen LogP contribution >= 0.6 is 11.3 Å². The van der Waals surface area contributed by atoms with Gasteiger partial charge in [0.1, 0.15) is 5.01 Å². The molecule has 122 valence electrons. The number of aromatic nitrogens is 2. The van der Waals surface area contributed by atoms with Crippen molar-refractivity contribution < 1.29 is 9.59 Å². The third-order valence-electron chi connectivity index (χ3n) is 3.15. The molecule has 1 heterocycles. The number of hydrogen-bond acceptors (Lipinski definition) is 5. The Labute approximate surface area is 139 Å². The van der Waals surface area contributed by atoms with Crippen molar-refractivity contribution in [1.82, 2.24) is 15.5 Å². The number of hydrogen-bond donors (Lipinski definition) is 2. The van der Waals surface area contributed by atoms with Crippen LogP contribution in [-0.4, -0.2) is 22.0 Å². The molecule has 0 aliphatic carbocycles. The minimum atomic E-state index is -0.369. The maximum atomic E-state index is 12.2. The van der Waals surface area contributed by atoms with Gasteiger partial charge in [-0.3, -0.25) is 9.59 Å². The fourth-order valence-corrected chi connectivity index (χ4v) is 2.82. The van der Waals surface area contributed by atoms with E-state index in [1.54, 1.807) is 0 Å². The van der Waals surface area contributed by atoms with E-state index in [0.717, 1.165) is 10.6 Å². The monoisotopic (exact) mass is 332 g/mol. The fourth-order valence-electron chi connectivity index (χ4n) is 2.06. The van der Waals surface area contributed by atoms with Crippen molar-refractivity contribution in [3.63, 3.8) is 0 Å². The Bertz CT molecular complexity index is 670. The second-order valence-corrected chi connectivity index (χ2v) is 6.53. The van der Waals surface area contributed by atoms with Gasteiger partial charge >= 0.3 is 0 Å². The smallest absolute Gasteiger partial charge is 0.228 e. The topological polar surface area (TPSA) is 84.0 Å². The molecule has 2 aromatic rings. The number of rotatable bonds is 6. The van der Waals surface area contributed by atoms with E-state index in [0.29, 0.717) is 5.13 Å². The molecule has 1 aromatic heterocycles. The lowest BCUT2D eigenvalue weighted by Crippen LogP contribution is -2.29. The summed E-state index contributed by atoms with van der Waals surface area (Å²) in [6.45, 7) is 5.48. The van der Waals surface area contributed by atoms with Crippen molar-refractivity contribution in [1.29, 1.82) is 0 Å². The SMILES string of the molecule is CC(=O)N[C@@H](CC(=O)Nc1nnc(C(C)C)s1)c1ccccc1. The lowest BCUT2D eigenvalue weighted by atomic mass is 10.0. The highest BCUT2D eigenvalue weighted by molar-refractivity contribution is 7.15. The molecule has 0 aliphatic heterocycles. The summed E-state index contributed by atoms with van der Waals surface area (Å²) >= 11 is 1.36. The van der Waals surface area contributed by atoms with Gasteiger partial charge in [-0.2, -0.15) is 0 Å². The minimum Gasteiger partial charge on any atom is -0.349 e. The zero-order valence-electron chi connectivity index (χ0n) is 13.4. The van der Waals surface area contributed by atoms with Gasteiger partial charge in [-0.15, -0.1) is 10.2 Å². The van der Waals surface area contributed by atoms with Crippen LogP contribution in [0.15, 0.2) is 30.3 Å². The van der Waals surface area contributed by atoms with Crippen LogP contribution in [0, 0.1) is 0 Å². The standard InChI is InChI=1S/C16H20N4O2S/c1-10(2)15-19-20-16(23-15)18-14(22)9-13(17-11(3)21)12-7-5-4-6-8-12/h4-8,10,13H,9H2,1-3H3,(H,17,21)(H,18,20,22)/t13-/m0/s1. The van der Waals surface area contributed by atoms with Gasteiger partial charge < -0.3 is 10.6 Å². The van der Waals surface area contributed by atoms with Gasteiger partial charge in [0.2, 0.25) is 16.9 Å². The van der Waals surface area contributed by atoms with Crippen molar-refractivity contribution in [3.8, 4) is 0 Å². The normalized spacial score (nSPS) is 12.0. The largest absolute Gasteiger partial charge is 0.349 e. The Morgan fingerprint density at radius 1 is 1.17 bits per heavy atom. The highest BCUT2D eigenvalue weighted by atomic mass is 32.1. The second kappa shape index (κ2) is 7.82. The number of nitrogens with one attached hydrogen (secondary N) is 2. The van der Waals surface area contributed by atoms with Crippen LogP contribution < -0.4 is 10.6 Å². The van der Waals surface area contributed by atoms with Crippen LogP contribution in [0.1, 0.15) is 49.7 Å². The predicted octanol–water partition coefficient (Wildman–Crippen LogP) is 2.87. The third kappa shape index (κ3) is 5.14. The van der Waals surface area contributed by atoms with Gasteiger partial charge in [-0.25, -0.2) is 0 Å². The molecule has 1 aromatic carbocycles. The molecule has 2 amide bonds. The molecule has 23 heavy (non-hydrogen) atoms. The first-order valence-electron chi connectivity index (χ1n) is 7.41. The molecule has 2 N–H and O–H groups in total. The quantitative estimate of drug-likeness (QED) is 0.852. The molecule has 0 bridgehead atoms. The molecule has 0 saturated heterocycles. The number of carbonyl (C=O) groups is 2. The summed E-state index contributed by atoms with van der Waals surface area (Å²) in [6, 6.07) is 9.05. The van der Waals surface area contributed by atoms with Crippen LogP contribution in [0.5, 0.6) is 0 Å². The molecule has 6 nitrogen and oxygen atoms in total. The maximum absolute atomic E-state index is 12.2. The summed E-state index contributed by atoms with van der Waals surface area (Å²) in [6.07, 6.45) is 0.139. The predicted molar refractivity (Wildman–Crippen MR) is 90.2 cm³/mol. The van der Waals surface area contributed by atoms with E-state index in [9.17, 15) is 9.59 Å². The van der Waals surface area contributed by atoms with E-state index in [-0.39, 0.29) is 30.2 Å². The van der Waals surface area contributed by atoms with Gasteiger partial charge in [0.25, 0.3) is 0 Å². The molecule has 0 radical (unpaired) electrons. The summed E-state index contributed by atoms with van der Waals surface area (Å²) in [5, 5.41) is 14.9. The van der Waals surface area contributed by atoms with Crippen molar-refractivity contribution >= 4 is 28.3 Å². The van der Waals surface area contributed by atoms with E-state index >= 15 is 0 Å². The Balaban J connectivity index is 2.03. The maximum Gasteiger partial charge on any atom is 0.228 e. The molecule has 2 rings (SSSR count). The first-order chi connectivity index (χ1) is 11.0. The van der Waals surface area contributed by atoms with Crippen LogP contribution in [0.25, 0.3) is 0 Å². The number of anilines is 1. The summed E-state index contributed by atoms with van der Waals surface area (Å²) in [7, 11) is 0. The van der Waals surface area contributed by atoms with Crippen LogP contribution in [0.2, 0.25) is 0 Å². The van der Waals surface area contributed by atoms with Crippen LogP contribution in [0.3, 0.4) is 0 Å². The van der Waals surface area contributed by atoms with Crippen molar-refractivity contribution in [3.05, 3.63) is 40.9 Å². The second-order valence-electron chi connectivity index (χ2n) is 5.52. The Morgan fingerprint density at radius 3 is 2.43 bits per heavy atom. The number of carbonyl (C=O) groups excluding carboxylic acids is 2.